The molecule has 1 aliphatic heterocycles. The summed E-state index contributed by atoms with van der Waals surface area (Å²) in [5.74, 6) is 0.0131. The zero-order valence-corrected chi connectivity index (χ0v) is 9.17. The molecule has 4 nitrogen and oxygen atoms in total. The highest BCUT2D eigenvalue weighted by Gasteiger charge is 2.27. The first-order valence-electron chi connectivity index (χ1n) is 4.12. The van der Waals surface area contributed by atoms with Gasteiger partial charge in [-0.3, -0.25) is 4.79 Å². The van der Waals surface area contributed by atoms with Crippen molar-refractivity contribution in [2.24, 2.45) is 0 Å². The molecule has 0 saturated carbocycles. The fraction of sp³-hybridized carbons (Fsp3) is 0.375. The first kappa shape index (κ1) is 9.67. The first-order chi connectivity index (χ1) is 6.50. The molecule has 0 aliphatic carbocycles. The van der Waals surface area contributed by atoms with Gasteiger partial charge in [-0.2, -0.15) is 0 Å². The van der Waals surface area contributed by atoms with Crippen molar-refractivity contribution in [2.45, 2.75) is 11.1 Å². The molecule has 0 atom stereocenters. The van der Waals surface area contributed by atoms with E-state index in [0.717, 1.165) is 11.3 Å². The van der Waals surface area contributed by atoms with Gasteiger partial charge in [0.1, 0.15) is 4.21 Å². The summed E-state index contributed by atoms with van der Waals surface area (Å²) in [6, 6.07) is 1.61. The van der Waals surface area contributed by atoms with Gasteiger partial charge in [-0.05, 0) is 13.0 Å². The molecule has 0 amide bonds. The van der Waals surface area contributed by atoms with Crippen LogP contribution in [0.15, 0.2) is 10.3 Å². The molecule has 0 saturated heterocycles. The average Bonchev–Trinajstić information content (AvgIpc) is 2.48. The van der Waals surface area contributed by atoms with Crippen molar-refractivity contribution >= 4 is 32.6 Å². The molecule has 1 aliphatic rings. The van der Waals surface area contributed by atoms with Crippen molar-refractivity contribution in [1.82, 2.24) is 0 Å². The Kier molecular flexibility index (Phi) is 2.11. The van der Waals surface area contributed by atoms with E-state index in [1.807, 2.05) is 0 Å². The lowest BCUT2D eigenvalue weighted by molar-refractivity contribution is 0.102. The smallest absolute Gasteiger partial charge is 0.191 e. The van der Waals surface area contributed by atoms with Gasteiger partial charge >= 0.3 is 0 Å². The number of ketones is 1. The van der Waals surface area contributed by atoms with Crippen LogP contribution in [0.25, 0.3) is 0 Å². The fourth-order valence-corrected chi connectivity index (χ4v) is 4.13. The fourth-order valence-electron chi connectivity index (χ4n) is 1.31. The third-order valence-corrected chi connectivity index (χ3v) is 5.58. The third-order valence-electron chi connectivity index (χ3n) is 2.01. The summed E-state index contributed by atoms with van der Waals surface area (Å²) in [6.07, 6.45) is 0. The van der Waals surface area contributed by atoms with Gasteiger partial charge in [0.2, 0.25) is 0 Å². The maximum absolute atomic E-state index is 11.6. The number of anilines is 1. The normalized spacial score (nSPS) is 18.4. The molecule has 2 heterocycles. The molecule has 0 bridgehead atoms. The Balaban J connectivity index is 2.60. The Hall–Kier alpha value is -0.880. The number of nitrogens with one attached hydrogen (secondary N) is 1. The zero-order chi connectivity index (χ0) is 10.3. The maximum Gasteiger partial charge on any atom is 0.191 e. The zero-order valence-electron chi connectivity index (χ0n) is 7.53. The molecule has 1 N–H and O–H groups in total. The minimum atomic E-state index is -3.15. The number of thiophene rings is 1. The van der Waals surface area contributed by atoms with E-state index >= 15 is 0 Å². The predicted molar refractivity (Wildman–Crippen MR) is 54.9 cm³/mol. The van der Waals surface area contributed by atoms with Gasteiger partial charge in [-0.25, -0.2) is 8.42 Å². The number of Topliss-reactive ketones (excluding diaryl/α,β-unsaturated/α-hetero) is 1. The van der Waals surface area contributed by atoms with E-state index in [0.29, 0.717) is 21.3 Å². The number of hydrogen-bond donors (Lipinski definition) is 1. The minimum absolute atomic E-state index is 0.0959. The number of hydrogen-bond acceptors (Lipinski definition) is 5. The van der Waals surface area contributed by atoms with Crippen molar-refractivity contribution in [3.8, 4) is 0 Å². The molecule has 1 aromatic rings. The highest BCUT2D eigenvalue weighted by Crippen LogP contribution is 2.34. The van der Waals surface area contributed by atoms with Gasteiger partial charge in [-0.15, -0.1) is 11.3 Å². The molecule has 76 valence electrons. The summed E-state index contributed by atoms with van der Waals surface area (Å²) >= 11 is 1.05. The van der Waals surface area contributed by atoms with Crippen LogP contribution in [-0.2, 0) is 9.84 Å². The number of rotatable bonds is 1. The molecule has 0 fully saturated rings. The third kappa shape index (κ3) is 1.44. The molecule has 0 radical (unpaired) electrons. The molecule has 14 heavy (non-hydrogen) atoms. The SMILES string of the molecule is CC(=O)c1cc2c(s1)S(=O)(=O)CCN2. The highest BCUT2D eigenvalue weighted by molar-refractivity contribution is 7.93. The van der Waals surface area contributed by atoms with E-state index in [4.69, 9.17) is 0 Å². The van der Waals surface area contributed by atoms with E-state index in [1.165, 1.54) is 6.92 Å². The van der Waals surface area contributed by atoms with Crippen LogP contribution in [0.5, 0.6) is 0 Å². The van der Waals surface area contributed by atoms with Gasteiger partial charge in [0.15, 0.2) is 15.6 Å². The minimum Gasteiger partial charge on any atom is -0.382 e. The Bertz CT molecular complexity index is 487. The summed E-state index contributed by atoms with van der Waals surface area (Å²) in [5.41, 5.74) is 0.575. The second-order valence-corrected chi connectivity index (χ2v) is 6.47. The van der Waals surface area contributed by atoms with Crippen LogP contribution < -0.4 is 5.32 Å². The maximum atomic E-state index is 11.6. The average molecular weight is 231 g/mol. The van der Waals surface area contributed by atoms with E-state index in [9.17, 15) is 13.2 Å². The highest BCUT2D eigenvalue weighted by atomic mass is 32.2. The molecule has 1 aromatic heterocycles. The molecular weight excluding hydrogens is 222 g/mol. The van der Waals surface area contributed by atoms with Crippen LogP contribution in [0.3, 0.4) is 0 Å². The van der Waals surface area contributed by atoms with E-state index in [2.05, 4.69) is 5.32 Å². The summed E-state index contributed by atoms with van der Waals surface area (Å²) in [7, 11) is -3.15. The largest absolute Gasteiger partial charge is 0.382 e. The van der Waals surface area contributed by atoms with Crippen LogP contribution in [0.1, 0.15) is 16.6 Å². The van der Waals surface area contributed by atoms with Gasteiger partial charge in [-0.1, -0.05) is 0 Å². The van der Waals surface area contributed by atoms with E-state index in [-0.39, 0.29) is 11.5 Å². The summed E-state index contributed by atoms with van der Waals surface area (Å²) in [4.78, 5) is 11.6. The Morgan fingerprint density at radius 3 is 2.86 bits per heavy atom. The van der Waals surface area contributed by atoms with Gasteiger partial charge in [0, 0.05) is 6.54 Å². The number of fused-ring (bicyclic) bond motifs is 1. The Morgan fingerprint density at radius 2 is 2.29 bits per heavy atom. The Labute approximate surface area is 85.9 Å². The topological polar surface area (TPSA) is 63.2 Å². The number of carbonyl (C=O) groups is 1. The quantitative estimate of drug-likeness (QED) is 0.736. The number of carbonyl (C=O) groups excluding carboxylic acids is 1. The lowest BCUT2D eigenvalue weighted by atomic mass is 10.3. The summed E-state index contributed by atoms with van der Waals surface area (Å²) in [5, 5.41) is 2.97. The van der Waals surface area contributed by atoms with Crippen molar-refractivity contribution in [3.05, 3.63) is 10.9 Å². The lowest BCUT2D eigenvalue weighted by Gasteiger charge is -2.13. The monoisotopic (exact) mass is 231 g/mol. The van der Waals surface area contributed by atoms with Crippen LogP contribution in [0.4, 0.5) is 5.69 Å². The van der Waals surface area contributed by atoms with Crippen LogP contribution in [0, 0.1) is 0 Å². The summed E-state index contributed by atoms with van der Waals surface area (Å²) in [6.45, 7) is 1.85. The van der Waals surface area contributed by atoms with Gasteiger partial charge in [0.05, 0.1) is 16.3 Å². The Morgan fingerprint density at radius 1 is 1.57 bits per heavy atom. The lowest BCUT2D eigenvalue weighted by Crippen LogP contribution is -2.21. The van der Waals surface area contributed by atoms with Crippen LogP contribution >= 0.6 is 11.3 Å². The van der Waals surface area contributed by atoms with Crippen molar-refractivity contribution in [1.29, 1.82) is 0 Å². The molecule has 0 spiro atoms. The molecule has 2 rings (SSSR count). The van der Waals surface area contributed by atoms with Crippen molar-refractivity contribution < 1.29 is 13.2 Å². The van der Waals surface area contributed by atoms with Gasteiger partial charge in [0.25, 0.3) is 0 Å². The van der Waals surface area contributed by atoms with Crippen LogP contribution in [-0.4, -0.2) is 26.5 Å². The van der Waals surface area contributed by atoms with Crippen molar-refractivity contribution in [2.75, 3.05) is 17.6 Å². The first-order valence-corrected chi connectivity index (χ1v) is 6.59. The predicted octanol–water partition coefficient (Wildman–Crippen LogP) is 1.15. The second-order valence-electron chi connectivity index (χ2n) is 3.11. The van der Waals surface area contributed by atoms with Gasteiger partial charge < -0.3 is 5.32 Å². The van der Waals surface area contributed by atoms with Crippen LogP contribution in [0.2, 0.25) is 0 Å². The van der Waals surface area contributed by atoms with E-state index < -0.39 is 9.84 Å². The summed E-state index contributed by atoms with van der Waals surface area (Å²) < 4.78 is 23.4. The molecule has 0 aromatic carbocycles. The van der Waals surface area contributed by atoms with E-state index in [1.54, 1.807) is 6.07 Å². The molecule has 0 unspecified atom stereocenters. The standard InChI is InChI=1S/C8H9NO3S2/c1-5(10)7-4-6-8(13-7)14(11,12)3-2-9-6/h4,9H,2-3H2,1H3. The van der Waals surface area contributed by atoms with Crippen molar-refractivity contribution in [3.63, 3.8) is 0 Å². The molecule has 6 heteroatoms. The second kappa shape index (κ2) is 3.06. The number of sulfone groups is 1. The molecular formula is C8H9NO3S2.